The van der Waals surface area contributed by atoms with E-state index in [-0.39, 0.29) is 23.5 Å². The van der Waals surface area contributed by atoms with Crippen molar-refractivity contribution in [1.29, 1.82) is 0 Å². The standard InChI is InChI=1S/C20H15Cl2N5O2/c1-26-10-13(8-24-26)25-19(28)15-11-27(9-12-4-5-16(21)17(22)7-12)20(29)18-14(15)3-2-6-23-18/h2-8,10-11H,9H2,1H3,(H,25,28). The number of carbonyl (C=O) groups excluding carboxylic acids is 1. The van der Waals surface area contributed by atoms with E-state index >= 15 is 0 Å². The second kappa shape index (κ2) is 7.69. The maximum absolute atomic E-state index is 12.9. The zero-order chi connectivity index (χ0) is 20.5. The van der Waals surface area contributed by atoms with Crippen molar-refractivity contribution in [3.63, 3.8) is 0 Å². The number of anilines is 1. The Bertz CT molecular complexity index is 1300. The Labute approximate surface area is 175 Å². The van der Waals surface area contributed by atoms with E-state index < -0.39 is 0 Å². The average Bonchev–Trinajstić information content (AvgIpc) is 3.11. The zero-order valence-electron chi connectivity index (χ0n) is 15.3. The van der Waals surface area contributed by atoms with Gasteiger partial charge in [0.2, 0.25) is 0 Å². The molecule has 146 valence electrons. The van der Waals surface area contributed by atoms with Gasteiger partial charge in [-0.2, -0.15) is 5.10 Å². The third-order valence-corrected chi connectivity index (χ3v) is 5.13. The quantitative estimate of drug-likeness (QED) is 0.537. The number of rotatable bonds is 4. The molecule has 3 aromatic heterocycles. The number of hydrogen-bond acceptors (Lipinski definition) is 4. The second-order valence-corrected chi connectivity index (χ2v) is 7.30. The predicted molar refractivity (Wildman–Crippen MR) is 113 cm³/mol. The largest absolute Gasteiger partial charge is 0.319 e. The highest BCUT2D eigenvalue weighted by atomic mass is 35.5. The summed E-state index contributed by atoms with van der Waals surface area (Å²) in [5.41, 5.74) is 1.57. The molecule has 29 heavy (non-hydrogen) atoms. The molecule has 1 N–H and O–H groups in total. The molecule has 0 spiro atoms. The van der Waals surface area contributed by atoms with Gasteiger partial charge in [-0.3, -0.25) is 19.3 Å². The van der Waals surface area contributed by atoms with Gasteiger partial charge in [0.1, 0.15) is 5.52 Å². The molecule has 0 aliphatic rings. The molecule has 9 heteroatoms. The molecule has 4 rings (SSSR count). The Balaban J connectivity index is 1.79. The van der Waals surface area contributed by atoms with Gasteiger partial charge >= 0.3 is 0 Å². The minimum Gasteiger partial charge on any atom is -0.319 e. The number of aromatic nitrogens is 4. The number of pyridine rings is 2. The van der Waals surface area contributed by atoms with Gasteiger partial charge in [0.25, 0.3) is 11.5 Å². The van der Waals surface area contributed by atoms with Gasteiger partial charge in [0.05, 0.1) is 34.0 Å². The number of amides is 1. The number of hydrogen-bond donors (Lipinski definition) is 1. The Morgan fingerprint density at radius 3 is 2.72 bits per heavy atom. The van der Waals surface area contributed by atoms with Crippen LogP contribution in [0.1, 0.15) is 15.9 Å². The molecule has 4 aromatic rings. The third kappa shape index (κ3) is 3.87. The van der Waals surface area contributed by atoms with E-state index in [0.29, 0.717) is 26.7 Å². The van der Waals surface area contributed by atoms with Crippen molar-refractivity contribution in [2.45, 2.75) is 6.54 Å². The first-order valence-corrected chi connectivity index (χ1v) is 9.40. The summed E-state index contributed by atoms with van der Waals surface area (Å²) in [7, 11) is 1.76. The lowest BCUT2D eigenvalue weighted by Gasteiger charge is -2.12. The van der Waals surface area contributed by atoms with Crippen LogP contribution in [-0.2, 0) is 13.6 Å². The Hall–Kier alpha value is -3.16. The number of fused-ring (bicyclic) bond motifs is 1. The van der Waals surface area contributed by atoms with E-state index in [1.807, 2.05) is 0 Å². The van der Waals surface area contributed by atoms with Crippen LogP contribution >= 0.6 is 23.2 Å². The first-order valence-electron chi connectivity index (χ1n) is 8.64. The van der Waals surface area contributed by atoms with Crippen LogP contribution < -0.4 is 10.9 Å². The van der Waals surface area contributed by atoms with Gasteiger partial charge in [-0.05, 0) is 23.8 Å². The minimum atomic E-state index is -0.362. The van der Waals surface area contributed by atoms with Gasteiger partial charge in [-0.15, -0.1) is 0 Å². The fourth-order valence-electron chi connectivity index (χ4n) is 3.03. The SMILES string of the molecule is Cn1cc(NC(=O)c2cn(Cc3ccc(Cl)c(Cl)c3)c(=O)c3ncccc23)cn1. The van der Waals surface area contributed by atoms with Crippen molar-refractivity contribution >= 4 is 45.7 Å². The maximum Gasteiger partial charge on any atom is 0.277 e. The van der Waals surface area contributed by atoms with Crippen LogP contribution in [0.15, 0.2) is 59.9 Å². The summed E-state index contributed by atoms with van der Waals surface area (Å²) >= 11 is 12.1. The number of nitrogens with zero attached hydrogens (tertiary/aromatic N) is 4. The summed E-state index contributed by atoms with van der Waals surface area (Å²) in [6, 6.07) is 8.52. The smallest absolute Gasteiger partial charge is 0.277 e. The molecule has 0 saturated heterocycles. The number of nitrogens with one attached hydrogen (secondary N) is 1. The molecule has 3 heterocycles. The second-order valence-electron chi connectivity index (χ2n) is 6.48. The highest BCUT2D eigenvalue weighted by Gasteiger charge is 2.16. The number of aryl methyl sites for hydroxylation is 1. The minimum absolute atomic E-state index is 0.214. The summed E-state index contributed by atoms with van der Waals surface area (Å²) in [5, 5.41) is 8.13. The van der Waals surface area contributed by atoms with Gasteiger partial charge in [0, 0.05) is 31.0 Å². The fraction of sp³-hybridized carbons (Fsp3) is 0.100. The van der Waals surface area contributed by atoms with Gasteiger partial charge in [-0.25, -0.2) is 0 Å². The van der Waals surface area contributed by atoms with Crippen LogP contribution in [0.25, 0.3) is 10.9 Å². The van der Waals surface area contributed by atoms with E-state index in [0.717, 1.165) is 5.56 Å². The summed E-state index contributed by atoms with van der Waals surface area (Å²) in [6.07, 6.45) is 6.28. The lowest BCUT2D eigenvalue weighted by atomic mass is 10.1. The highest BCUT2D eigenvalue weighted by molar-refractivity contribution is 6.42. The molecule has 0 atom stereocenters. The molecular weight excluding hydrogens is 413 g/mol. The van der Waals surface area contributed by atoms with Crippen LogP contribution in [0.5, 0.6) is 0 Å². The topological polar surface area (TPSA) is 81.8 Å². The first kappa shape index (κ1) is 19.2. The van der Waals surface area contributed by atoms with E-state index in [4.69, 9.17) is 23.2 Å². The van der Waals surface area contributed by atoms with Crippen LogP contribution in [0.2, 0.25) is 10.0 Å². The molecule has 1 aromatic carbocycles. The van der Waals surface area contributed by atoms with Crippen molar-refractivity contribution in [3.8, 4) is 0 Å². The molecule has 0 aliphatic carbocycles. The van der Waals surface area contributed by atoms with E-state index in [9.17, 15) is 9.59 Å². The van der Waals surface area contributed by atoms with Crippen molar-refractivity contribution in [1.82, 2.24) is 19.3 Å². The van der Waals surface area contributed by atoms with Crippen LogP contribution in [0.4, 0.5) is 5.69 Å². The summed E-state index contributed by atoms with van der Waals surface area (Å²) < 4.78 is 3.02. The molecule has 7 nitrogen and oxygen atoms in total. The maximum atomic E-state index is 12.9. The molecule has 0 bridgehead atoms. The van der Waals surface area contributed by atoms with E-state index in [2.05, 4.69) is 15.4 Å². The monoisotopic (exact) mass is 427 g/mol. The molecule has 0 unspecified atom stereocenters. The number of benzene rings is 1. The zero-order valence-corrected chi connectivity index (χ0v) is 16.8. The van der Waals surface area contributed by atoms with Gasteiger partial charge < -0.3 is 9.88 Å². The Kier molecular flexibility index (Phi) is 5.08. The van der Waals surface area contributed by atoms with Crippen molar-refractivity contribution < 1.29 is 4.79 Å². The Morgan fingerprint density at radius 1 is 1.17 bits per heavy atom. The molecule has 0 saturated carbocycles. The van der Waals surface area contributed by atoms with Crippen LogP contribution in [-0.4, -0.2) is 25.2 Å². The summed E-state index contributed by atoms with van der Waals surface area (Å²) in [6.45, 7) is 0.218. The third-order valence-electron chi connectivity index (χ3n) is 4.39. The highest BCUT2D eigenvalue weighted by Crippen LogP contribution is 2.23. The lowest BCUT2D eigenvalue weighted by molar-refractivity contribution is 0.102. The van der Waals surface area contributed by atoms with E-state index in [1.54, 1.807) is 54.5 Å². The molecular formula is C20H15Cl2N5O2. The summed E-state index contributed by atoms with van der Waals surface area (Å²) in [5.74, 6) is -0.362. The van der Waals surface area contributed by atoms with Crippen molar-refractivity contribution in [2.24, 2.45) is 7.05 Å². The molecule has 0 fully saturated rings. The van der Waals surface area contributed by atoms with Crippen LogP contribution in [0, 0.1) is 0 Å². The predicted octanol–water partition coefficient (Wildman–Crippen LogP) is 3.74. The normalized spacial score (nSPS) is 11.0. The van der Waals surface area contributed by atoms with Gasteiger partial charge in [0.15, 0.2) is 0 Å². The average molecular weight is 428 g/mol. The summed E-state index contributed by atoms with van der Waals surface area (Å²) in [4.78, 5) is 30.0. The first-order chi connectivity index (χ1) is 13.9. The fourth-order valence-corrected chi connectivity index (χ4v) is 3.35. The van der Waals surface area contributed by atoms with Crippen LogP contribution in [0.3, 0.4) is 0 Å². The molecule has 0 aliphatic heterocycles. The van der Waals surface area contributed by atoms with Gasteiger partial charge in [-0.1, -0.05) is 35.3 Å². The number of carbonyl (C=O) groups is 1. The van der Waals surface area contributed by atoms with Crippen molar-refractivity contribution in [3.05, 3.63) is 86.6 Å². The molecule has 0 radical (unpaired) electrons. The number of halogens is 2. The lowest BCUT2D eigenvalue weighted by Crippen LogP contribution is -2.25. The van der Waals surface area contributed by atoms with Crippen molar-refractivity contribution in [2.75, 3.05) is 5.32 Å². The Morgan fingerprint density at radius 2 is 2.00 bits per heavy atom. The molecule has 1 amide bonds. The van der Waals surface area contributed by atoms with E-state index in [1.165, 1.54) is 17.0 Å².